The van der Waals surface area contributed by atoms with Crippen LogP contribution in [-0.2, 0) is 4.79 Å². The van der Waals surface area contributed by atoms with Crippen LogP contribution >= 0.6 is 0 Å². The van der Waals surface area contributed by atoms with Crippen molar-refractivity contribution in [3.8, 4) is 5.75 Å². The monoisotopic (exact) mass is 276 g/mol. The van der Waals surface area contributed by atoms with E-state index in [0.29, 0.717) is 17.2 Å². The van der Waals surface area contributed by atoms with Crippen molar-refractivity contribution in [2.75, 3.05) is 19.7 Å². The number of hydrogen-bond donors (Lipinski definition) is 1. The number of amides is 2. The van der Waals surface area contributed by atoms with Crippen LogP contribution in [0.1, 0.15) is 30.1 Å². The van der Waals surface area contributed by atoms with Gasteiger partial charge in [-0.05, 0) is 37.0 Å². The molecule has 1 aliphatic rings. The van der Waals surface area contributed by atoms with Crippen LogP contribution < -0.4 is 10.5 Å². The highest BCUT2D eigenvalue weighted by molar-refractivity contribution is 5.94. The molecule has 0 saturated carbocycles. The molecule has 0 bridgehead atoms. The lowest BCUT2D eigenvalue weighted by atomic mass is 9.98. The molecule has 2 N–H and O–H groups in total. The molecule has 0 aliphatic carbocycles. The summed E-state index contributed by atoms with van der Waals surface area (Å²) in [5.41, 5.74) is 5.61. The van der Waals surface area contributed by atoms with Crippen molar-refractivity contribution < 1.29 is 14.3 Å². The Morgan fingerprint density at radius 3 is 2.70 bits per heavy atom. The molecule has 0 aromatic heterocycles. The van der Waals surface area contributed by atoms with E-state index in [4.69, 9.17) is 10.5 Å². The van der Waals surface area contributed by atoms with Crippen LogP contribution in [0.15, 0.2) is 24.3 Å². The maximum absolute atomic E-state index is 12.4. The van der Waals surface area contributed by atoms with Crippen molar-refractivity contribution in [2.45, 2.75) is 19.8 Å². The number of likely N-dealkylation sites (tertiary alicyclic amines) is 1. The van der Waals surface area contributed by atoms with Gasteiger partial charge in [-0.25, -0.2) is 0 Å². The fourth-order valence-corrected chi connectivity index (χ4v) is 2.27. The molecule has 1 aliphatic heterocycles. The summed E-state index contributed by atoms with van der Waals surface area (Å²) < 4.78 is 5.22. The molecule has 1 aromatic rings. The summed E-state index contributed by atoms with van der Waals surface area (Å²) in [7, 11) is 0. The maximum Gasteiger partial charge on any atom is 0.255 e. The Morgan fingerprint density at radius 2 is 2.05 bits per heavy atom. The van der Waals surface area contributed by atoms with Gasteiger partial charge < -0.3 is 15.4 Å². The zero-order valence-electron chi connectivity index (χ0n) is 11.7. The standard InChI is InChI=1S/C15H20N2O3/c1-11-5-7-17(8-6-11)15(19)12-3-2-4-13(9-12)20-10-14(16)18/h2-4,9,11H,5-8,10H2,1H3,(H2,16,18). The van der Waals surface area contributed by atoms with Gasteiger partial charge in [-0.2, -0.15) is 0 Å². The maximum atomic E-state index is 12.4. The van der Waals surface area contributed by atoms with Crippen molar-refractivity contribution >= 4 is 11.8 Å². The molecule has 0 spiro atoms. The lowest BCUT2D eigenvalue weighted by Crippen LogP contribution is -2.37. The summed E-state index contributed by atoms with van der Waals surface area (Å²) in [4.78, 5) is 24.9. The molecule has 1 fully saturated rings. The Labute approximate surface area is 118 Å². The molecule has 20 heavy (non-hydrogen) atoms. The van der Waals surface area contributed by atoms with E-state index in [-0.39, 0.29) is 12.5 Å². The first kappa shape index (κ1) is 14.4. The van der Waals surface area contributed by atoms with Gasteiger partial charge in [-0.15, -0.1) is 0 Å². The highest BCUT2D eigenvalue weighted by Crippen LogP contribution is 2.20. The number of primary amides is 1. The van der Waals surface area contributed by atoms with E-state index < -0.39 is 5.91 Å². The molecule has 1 aromatic carbocycles. The van der Waals surface area contributed by atoms with Gasteiger partial charge in [0.2, 0.25) is 0 Å². The lowest BCUT2D eigenvalue weighted by Gasteiger charge is -2.30. The second-order valence-corrected chi connectivity index (χ2v) is 5.26. The quantitative estimate of drug-likeness (QED) is 0.904. The van der Waals surface area contributed by atoms with Crippen LogP contribution in [0.5, 0.6) is 5.75 Å². The Morgan fingerprint density at radius 1 is 1.35 bits per heavy atom. The molecular formula is C15H20N2O3. The fourth-order valence-electron chi connectivity index (χ4n) is 2.27. The zero-order chi connectivity index (χ0) is 14.5. The smallest absolute Gasteiger partial charge is 0.255 e. The van der Waals surface area contributed by atoms with Gasteiger partial charge in [-0.3, -0.25) is 9.59 Å². The predicted molar refractivity (Wildman–Crippen MR) is 75.4 cm³/mol. The van der Waals surface area contributed by atoms with E-state index in [0.717, 1.165) is 25.9 Å². The van der Waals surface area contributed by atoms with E-state index in [1.807, 2.05) is 4.90 Å². The molecular weight excluding hydrogens is 256 g/mol. The van der Waals surface area contributed by atoms with Gasteiger partial charge in [0, 0.05) is 18.7 Å². The van der Waals surface area contributed by atoms with Crippen LogP contribution in [0.25, 0.3) is 0 Å². The van der Waals surface area contributed by atoms with Crippen LogP contribution in [0, 0.1) is 5.92 Å². The number of benzene rings is 1. The Bertz CT molecular complexity index is 494. The SMILES string of the molecule is CC1CCN(C(=O)c2cccc(OCC(N)=O)c2)CC1. The minimum atomic E-state index is -0.535. The number of carbonyl (C=O) groups is 2. The normalized spacial score (nSPS) is 15.9. The van der Waals surface area contributed by atoms with Crippen LogP contribution in [0.4, 0.5) is 0 Å². The van der Waals surface area contributed by atoms with Crippen molar-refractivity contribution in [2.24, 2.45) is 11.7 Å². The van der Waals surface area contributed by atoms with Crippen LogP contribution in [-0.4, -0.2) is 36.4 Å². The summed E-state index contributed by atoms with van der Waals surface area (Å²) in [5.74, 6) is 0.650. The predicted octanol–water partition coefficient (Wildman–Crippen LogP) is 1.42. The van der Waals surface area contributed by atoms with E-state index >= 15 is 0 Å². The van der Waals surface area contributed by atoms with E-state index in [1.165, 1.54) is 0 Å². The molecule has 5 heteroatoms. The first-order chi connectivity index (χ1) is 9.56. The molecule has 1 heterocycles. The first-order valence-corrected chi connectivity index (χ1v) is 6.86. The van der Waals surface area contributed by atoms with E-state index in [2.05, 4.69) is 6.92 Å². The minimum Gasteiger partial charge on any atom is -0.484 e. The zero-order valence-corrected chi connectivity index (χ0v) is 11.7. The van der Waals surface area contributed by atoms with E-state index in [9.17, 15) is 9.59 Å². The number of nitrogens with zero attached hydrogens (tertiary/aromatic N) is 1. The highest BCUT2D eigenvalue weighted by atomic mass is 16.5. The number of rotatable bonds is 4. The van der Waals surface area contributed by atoms with Gasteiger partial charge in [0.05, 0.1) is 0 Å². The van der Waals surface area contributed by atoms with Crippen molar-refractivity contribution in [3.05, 3.63) is 29.8 Å². The Hall–Kier alpha value is -2.04. The second-order valence-electron chi connectivity index (χ2n) is 5.26. The van der Waals surface area contributed by atoms with Gasteiger partial charge in [0.1, 0.15) is 5.75 Å². The minimum absolute atomic E-state index is 0.0152. The Balaban J connectivity index is 2.02. The number of nitrogens with two attached hydrogens (primary N) is 1. The molecule has 0 atom stereocenters. The van der Waals surface area contributed by atoms with Crippen molar-refractivity contribution in [1.82, 2.24) is 4.90 Å². The van der Waals surface area contributed by atoms with Gasteiger partial charge >= 0.3 is 0 Å². The third-order valence-corrected chi connectivity index (χ3v) is 3.53. The topological polar surface area (TPSA) is 72.6 Å². The average molecular weight is 276 g/mol. The summed E-state index contributed by atoms with van der Waals surface area (Å²) in [6, 6.07) is 6.87. The summed E-state index contributed by atoms with van der Waals surface area (Å²) in [6.07, 6.45) is 2.09. The van der Waals surface area contributed by atoms with Gasteiger partial charge in [0.25, 0.3) is 11.8 Å². The van der Waals surface area contributed by atoms with Crippen molar-refractivity contribution in [1.29, 1.82) is 0 Å². The molecule has 2 amide bonds. The largest absolute Gasteiger partial charge is 0.484 e. The lowest BCUT2D eigenvalue weighted by molar-refractivity contribution is -0.119. The summed E-state index contributed by atoms with van der Waals surface area (Å²) >= 11 is 0. The summed E-state index contributed by atoms with van der Waals surface area (Å²) in [6.45, 7) is 3.62. The molecule has 0 radical (unpaired) electrons. The van der Waals surface area contributed by atoms with Crippen molar-refractivity contribution in [3.63, 3.8) is 0 Å². The fraction of sp³-hybridized carbons (Fsp3) is 0.467. The van der Waals surface area contributed by atoms with Crippen LogP contribution in [0.3, 0.4) is 0 Å². The Kier molecular flexibility index (Phi) is 4.61. The van der Waals surface area contributed by atoms with Crippen LogP contribution in [0.2, 0.25) is 0 Å². The van der Waals surface area contributed by atoms with E-state index in [1.54, 1.807) is 24.3 Å². The third kappa shape index (κ3) is 3.73. The average Bonchev–Trinajstić information content (AvgIpc) is 2.45. The highest BCUT2D eigenvalue weighted by Gasteiger charge is 2.21. The molecule has 5 nitrogen and oxygen atoms in total. The first-order valence-electron chi connectivity index (χ1n) is 6.86. The molecule has 0 unspecified atom stereocenters. The molecule has 1 saturated heterocycles. The van der Waals surface area contributed by atoms with Gasteiger partial charge in [-0.1, -0.05) is 13.0 Å². The number of ether oxygens (including phenoxy) is 1. The number of carbonyl (C=O) groups excluding carboxylic acids is 2. The summed E-state index contributed by atoms with van der Waals surface area (Å²) in [5, 5.41) is 0. The molecule has 108 valence electrons. The number of piperidine rings is 1. The second kappa shape index (κ2) is 6.41. The third-order valence-electron chi connectivity index (χ3n) is 3.53. The number of hydrogen-bond acceptors (Lipinski definition) is 3. The molecule has 2 rings (SSSR count). The van der Waals surface area contributed by atoms with Gasteiger partial charge in [0.15, 0.2) is 6.61 Å².